The number of hydrogen-bond donors (Lipinski definition) is 1. The zero-order valence-electron chi connectivity index (χ0n) is 17.1. The molecule has 0 saturated carbocycles. The third kappa shape index (κ3) is 4.61. The van der Waals surface area contributed by atoms with Gasteiger partial charge < -0.3 is 14.5 Å². The Morgan fingerprint density at radius 3 is 2.16 bits per heavy atom. The van der Waals surface area contributed by atoms with E-state index >= 15 is 0 Å². The van der Waals surface area contributed by atoms with Gasteiger partial charge in [-0.3, -0.25) is 4.79 Å². The van der Waals surface area contributed by atoms with Gasteiger partial charge in [-0.1, -0.05) is 23.8 Å². The third-order valence-electron chi connectivity index (χ3n) is 4.79. The van der Waals surface area contributed by atoms with Gasteiger partial charge in [0.05, 0.1) is 7.11 Å². The van der Waals surface area contributed by atoms with E-state index in [1.807, 2.05) is 31.2 Å². The van der Waals surface area contributed by atoms with E-state index in [0.29, 0.717) is 28.5 Å². The van der Waals surface area contributed by atoms with E-state index in [-0.39, 0.29) is 18.2 Å². The molecule has 1 heterocycles. The first-order chi connectivity index (χ1) is 15.0. The lowest BCUT2D eigenvalue weighted by molar-refractivity contribution is 0.0951. The number of rotatable bonds is 6. The van der Waals surface area contributed by atoms with Crippen molar-refractivity contribution in [2.75, 3.05) is 7.11 Å². The second-order valence-corrected chi connectivity index (χ2v) is 7.01. The molecule has 4 rings (SSSR count). The molecule has 0 atom stereocenters. The van der Waals surface area contributed by atoms with Gasteiger partial charge in [-0.05, 0) is 61.0 Å². The monoisotopic (exact) mass is 417 g/mol. The predicted octanol–water partition coefficient (Wildman–Crippen LogP) is 4.79. The number of carbonyl (C=O) groups is 1. The number of nitrogens with zero attached hydrogens (tertiary/aromatic N) is 2. The molecule has 0 aliphatic carbocycles. The lowest BCUT2D eigenvalue weighted by atomic mass is 10.1. The maximum Gasteiger partial charge on any atom is 0.251 e. The van der Waals surface area contributed by atoms with E-state index in [1.54, 1.807) is 30.3 Å². The summed E-state index contributed by atoms with van der Waals surface area (Å²) in [4.78, 5) is 12.4. The van der Waals surface area contributed by atoms with Gasteiger partial charge in [0.25, 0.3) is 5.91 Å². The van der Waals surface area contributed by atoms with Gasteiger partial charge in [-0.2, -0.15) is 0 Å². The minimum absolute atomic E-state index is 0.164. The SMILES string of the molecule is COc1ccc(CNC(=O)c2ccc(-c3nnc(-c4ccc(C)cc4)o3)cc2)cc1F. The average molecular weight is 417 g/mol. The van der Waals surface area contributed by atoms with Crippen LogP contribution in [0.25, 0.3) is 22.9 Å². The highest BCUT2D eigenvalue weighted by atomic mass is 19.1. The van der Waals surface area contributed by atoms with Crippen LogP contribution in [0.15, 0.2) is 71.1 Å². The van der Waals surface area contributed by atoms with Crippen molar-refractivity contribution in [3.8, 4) is 28.7 Å². The fraction of sp³-hybridized carbons (Fsp3) is 0.125. The summed E-state index contributed by atoms with van der Waals surface area (Å²) in [5.74, 6) is 0.230. The molecule has 0 saturated heterocycles. The fourth-order valence-electron chi connectivity index (χ4n) is 3.02. The van der Waals surface area contributed by atoms with E-state index in [4.69, 9.17) is 9.15 Å². The summed E-state index contributed by atoms with van der Waals surface area (Å²) >= 11 is 0. The Kier molecular flexibility index (Phi) is 5.75. The van der Waals surface area contributed by atoms with Gasteiger partial charge in [0.1, 0.15) is 0 Å². The zero-order chi connectivity index (χ0) is 21.8. The maximum atomic E-state index is 13.8. The highest BCUT2D eigenvalue weighted by molar-refractivity contribution is 5.94. The Labute approximate surface area is 178 Å². The number of amides is 1. The minimum atomic E-state index is -0.469. The number of hydrogen-bond acceptors (Lipinski definition) is 5. The molecule has 1 amide bonds. The zero-order valence-corrected chi connectivity index (χ0v) is 17.1. The summed E-state index contributed by atoms with van der Waals surface area (Å²) in [6.45, 7) is 2.21. The van der Waals surface area contributed by atoms with Crippen molar-refractivity contribution in [1.29, 1.82) is 0 Å². The van der Waals surface area contributed by atoms with Crippen LogP contribution in [0.4, 0.5) is 4.39 Å². The molecule has 0 aliphatic heterocycles. The fourth-order valence-corrected chi connectivity index (χ4v) is 3.02. The minimum Gasteiger partial charge on any atom is -0.494 e. The molecule has 0 fully saturated rings. The molecule has 1 aromatic heterocycles. The number of benzene rings is 3. The van der Waals surface area contributed by atoms with Gasteiger partial charge in [0.2, 0.25) is 11.8 Å². The number of methoxy groups -OCH3 is 1. The first-order valence-electron chi connectivity index (χ1n) is 9.65. The second kappa shape index (κ2) is 8.79. The van der Waals surface area contributed by atoms with Crippen molar-refractivity contribution in [2.24, 2.45) is 0 Å². The smallest absolute Gasteiger partial charge is 0.251 e. The van der Waals surface area contributed by atoms with Crippen LogP contribution < -0.4 is 10.1 Å². The Balaban J connectivity index is 1.41. The van der Waals surface area contributed by atoms with Crippen LogP contribution in [0, 0.1) is 12.7 Å². The summed E-state index contributed by atoms with van der Waals surface area (Å²) in [7, 11) is 1.40. The Morgan fingerprint density at radius 1 is 0.968 bits per heavy atom. The number of aryl methyl sites for hydroxylation is 1. The van der Waals surface area contributed by atoms with Gasteiger partial charge in [-0.25, -0.2) is 4.39 Å². The summed E-state index contributed by atoms with van der Waals surface area (Å²) in [5.41, 5.74) is 3.80. The molecule has 31 heavy (non-hydrogen) atoms. The second-order valence-electron chi connectivity index (χ2n) is 7.01. The van der Waals surface area contributed by atoms with Crippen LogP contribution in [0.5, 0.6) is 5.75 Å². The van der Waals surface area contributed by atoms with Gasteiger partial charge >= 0.3 is 0 Å². The molecular formula is C24H20FN3O3. The highest BCUT2D eigenvalue weighted by Crippen LogP contribution is 2.24. The van der Waals surface area contributed by atoms with E-state index in [9.17, 15) is 9.18 Å². The van der Waals surface area contributed by atoms with Crippen molar-refractivity contribution in [3.05, 3.63) is 89.2 Å². The van der Waals surface area contributed by atoms with E-state index in [1.165, 1.54) is 19.2 Å². The predicted molar refractivity (Wildman–Crippen MR) is 114 cm³/mol. The Bertz CT molecular complexity index is 1200. The lowest BCUT2D eigenvalue weighted by Crippen LogP contribution is -2.22. The first-order valence-corrected chi connectivity index (χ1v) is 9.65. The first kappa shape index (κ1) is 20.3. The third-order valence-corrected chi connectivity index (χ3v) is 4.79. The van der Waals surface area contributed by atoms with Crippen molar-refractivity contribution in [1.82, 2.24) is 15.5 Å². The number of nitrogens with one attached hydrogen (secondary N) is 1. The Morgan fingerprint density at radius 2 is 1.58 bits per heavy atom. The highest BCUT2D eigenvalue weighted by Gasteiger charge is 2.12. The molecule has 0 spiro atoms. The summed E-state index contributed by atoms with van der Waals surface area (Å²) in [6.07, 6.45) is 0. The number of halogens is 1. The normalized spacial score (nSPS) is 10.7. The summed E-state index contributed by atoms with van der Waals surface area (Å²) < 4.78 is 24.4. The molecule has 0 aliphatic rings. The van der Waals surface area contributed by atoms with Crippen LogP contribution in [0.2, 0.25) is 0 Å². The van der Waals surface area contributed by atoms with Crippen LogP contribution in [-0.2, 0) is 6.54 Å². The van der Waals surface area contributed by atoms with Gasteiger partial charge in [0.15, 0.2) is 11.6 Å². The molecule has 4 aromatic rings. The van der Waals surface area contributed by atoms with Crippen LogP contribution >= 0.6 is 0 Å². The molecule has 3 aromatic carbocycles. The summed E-state index contributed by atoms with van der Waals surface area (Å²) in [5, 5.41) is 11.0. The molecule has 0 radical (unpaired) electrons. The quantitative estimate of drug-likeness (QED) is 0.488. The molecule has 7 heteroatoms. The standard InChI is InChI=1S/C24H20FN3O3/c1-15-3-6-18(7-4-15)23-27-28-24(31-23)19-10-8-17(9-11-19)22(29)26-14-16-5-12-21(30-2)20(25)13-16/h3-13H,14H2,1-2H3,(H,26,29). The van der Waals surface area contributed by atoms with Crippen LogP contribution in [-0.4, -0.2) is 23.2 Å². The van der Waals surface area contributed by atoms with E-state index in [2.05, 4.69) is 15.5 Å². The molecule has 1 N–H and O–H groups in total. The van der Waals surface area contributed by atoms with Crippen LogP contribution in [0.3, 0.4) is 0 Å². The van der Waals surface area contributed by atoms with Crippen molar-refractivity contribution < 1.29 is 18.3 Å². The number of carbonyl (C=O) groups excluding carboxylic acids is 1. The number of aromatic nitrogens is 2. The van der Waals surface area contributed by atoms with Crippen molar-refractivity contribution in [3.63, 3.8) is 0 Å². The van der Waals surface area contributed by atoms with Crippen molar-refractivity contribution >= 4 is 5.91 Å². The van der Waals surface area contributed by atoms with Gasteiger partial charge in [0, 0.05) is 23.2 Å². The molecule has 0 unspecified atom stereocenters. The van der Waals surface area contributed by atoms with Crippen molar-refractivity contribution in [2.45, 2.75) is 13.5 Å². The molecular weight excluding hydrogens is 397 g/mol. The maximum absolute atomic E-state index is 13.8. The summed E-state index contributed by atoms with van der Waals surface area (Å²) in [6, 6.07) is 19.2. The Hall–Kier alpha value is -4.00. The topological polar surface area (TPSA) is 77.2 Å². The lowest BCUT2D eigenvalue weighted by Gasteiger charge is -2.07. The average Bonchev–Trinajstić information content (AvgIpc) is 3.28. The molecule has 6 nitrogen and oxygen atoms in total. The molecule has 156 valence electrons. The van der Waals surface area contributed by atoms with Crippen LogP contribution in [0.1, 0.15) is 21.5 Å². The number of ether oxygens (including phenoxy) is 1. The van der Waals surface area contributed by atoms with E-state index in [0.717, 1.165) is 11.1 Å². The molecule has 0 bridgehead atoms. The van der Waals surface area contributed by atoms with E-state index < -0.39 is 5.82 Å². The van der Waals surface area contributed by atoms with Gasteiger partial charge in [-0.15, -0.1) is 10.2 Å². The largest absolute Gasteiger partial charge is 0.494 e.